The molecule has 1 aromatic heterocycles. The number of thiophene rings is 1. The first kappa shape index (κ1) is 12.1. The smallest absolute Gasteiger partial charge is 0.185 e. The van der Waals surface area contributed by atoms with Crippen LogP contribution in [0.1, 0.15) is 15.2 Å². The first-order chi connectivity index (χ1) is 8.15. The molecule has 0 bridgehead atoms. The minimum Gasteiger partial charge on any atom is -0.508 e. The number of ketones is 1. The van der Waals surface area contributed by atoms with Gasteiger partial charge in [-0.3, -0.25) is 4.79 Å². The summed E-state index contributed by atoms with van der Waals surface area (Å²) >= 11 is 4.92. The average Bonchev–Trinajstić information content (AvgIpc) is 2.73. The molecule has 1 N–H and O–H groups in total. The first-order valence-electron chi connectivity index (χ1n) is 4.90. The fourth-order valence-corrected chi connectivity index (χ4v) is 2.63. The molecule has 0 radical (unpaired) electrons. The lowest BCUT2D eigenvalue weighted by atomic mass is 10.1. The highest BCUT2D eigenvalue weighted by Gasteiger charge is 2.01. The lowest BCUT2D eigenvalue weighted by molar-refractivity contribution is 0.104. The van der Waals surface area contributed by atoms with E-state index in [4.69, 9.17) is 5.11 Å². The second-order valence-corrected chi connectivity index (χ2v) is 5.27. The van der Waals surface area contributed by atoms with Crippen LogP contribution in [-0.4, -0.2) is 10.9 Å². The summed E-state index contributed by atoms with van der Waals surface area (Å²) in [6, 6.07) is 8.16. The maximum atomic E-state index is 11.8. The first-order valence-corrected chi connectivity index (χ1v) is 6.58. The monoisotopic (exact) mass is 308 g/mol. The Kier molecular flexibility index (Phi) is 3.76. The Hall–Kier alpha value is -1.39. The quantitative estimate of drug-likeness (QED) is 0.684. The minimum atomic E-state index is -0.0745. The molecule has 2 aromatic rings. The molecule has 0 aliphatic rings. The van der Waals surface area contributed by atoms with Crippen molar-refractivity contribution < 1.29 is 9.90 Å². The number of phenolic OH excluding ortho intramolecular Hbond substituents is 1. The van der Waals surface area contributed by atoms with Crippen LogP contribution in [0.2, 0.25) is 0 Å². The van der Waals surface area contributed by atoms with Crippen LogP contribution in [0.25, 0.3) is 6.08 Å². The standard InChI is InChI=1S/C13H9BrO2S/c14-10-7-12(17-8-10)5-6-13(16)9-1-3-11(15)4-2-9/h1-8,15H. The molecule has 0 saturated heterocycles. The lowest BCUT2D eigenvalue weighted by Gasteiger charge is -1.95. The summed E-state index contributed by atoms with van der Waals surface area (Å²) in [7, 11) is 0. The summed E-state index contributed by atoms with van der Waals surface area (Å²) in [6.07, 6.45) is 3.31. The molecule has 1 heterocycles. The fraction of sp³-hybridized carbons (Fsp3) is 0. The van der Waals surface area contributed by atoms with Crippen LogP contribution in [0.15, 0.2) is 46.3 Å². The van der Waals surface area contributed by atoms with E-state index in [0.29, 0.717) is 5.56 Å². The Bertz CT molecular complexity index is 555. The zero-order chi connectivity index (χ0) is 12.3. The Balaban J connectivity index is 2.11. The molecule has 1 aromatic carbocycles. The molecule has 17 heavy (non-hydrogen) atoms. The van der Waals surface area contributed by atoms with E-state index in [9.17, 15) is 4.79 Å². The Morgan fingerprint density at radius 3 is 2.59 bits per heavy atom. The number of benzene rings is 1. The SMILES string of the molecule is O=C(C=Cc1cc(Br)cs1)c1ccc(O)cc1. The average molecular weight is 309 g/mol. The van der Waals surface area contributed by atoms with Gasteiger partial charge in [-0.05, 0) is 58.4 Å². The van der Waals surface area contributed by atoms with Crippen molar-refractivity contribution in [1.82, 2.24) is 0 Å². The van der Waals surface area contributed by atoms with E-state index in [-0.39, 0.29) is 11.5 Å². The van der Waals surface area contributed by atoms with Gasteiger partial charge in [0.25, 0.3) is 0 Å². The van der Waals surface area contributed by atoms with Gasteiger partial charge in [0.05, 0.1) is 0 Å². The summed E-state index contributed by atoms with van der Waals surface area (Å²) in [5.41, 5.74) is 0.565. The molecule has 0 saturated carbocycles. The van der Waals surface area contributed by atoms with Crippen LogP contribution in [0, 0.1) is 0 Å². The maximum absolute atomic E-state index is 11.8. The van der Waals surface area contributed by atoms with Crippen molar-refractivity contribution >= 4 is 39.1 Å². The number of hydrogen-bond acceptors (Lipinski definition) is 3. The van der Waals surface area contributed by atoms with Gasteiger partial charge in [-0.2, -0.15) is 0 Å². The molecule has 0 fully saturated rings. The van der Waals surface area contributed by atoms with Gasteiger partial charge >= 0.3 is 0 Å². The summed E-state index contributed by atoms with van der Waals surface area (Å²) in [5, 5.41) is 11.1. The molecule has 4 heteroatoms. The van der Waals surface area contributed by atoms with Gasteiger partial charge in [-0.1, -0.05) is 0 Å². The summed E-state index contributed by atoms with van der Waals surface area (Å²) < 4.78 is 1.01. The topological polar surface area (TPSA) is 37.3 Å². The zero-order valence-corrected chi connectivity index (χ0v) is 11.2. The van der Waals surface area contributed by atoms with Crippen molar-refractivity contribution in [1.29, 1.82) is 0 Å². The number of carbonyl (C=O) groups is 1. The number of hydrogen-bond donors (Lipinski definition) is 1. The highest BCUT2D eigenvalue weighted by molar-refractivity contribution is 9.10. The van der Waals surface area contributed by atoms with E-state index in [1.165, 1.54) is 18.2 Å². The lowest BCUT2D eigenvalue weighted by Crippen LogP contribution is -1.92. The van der Waals surface area contributed by atoms with Crippen molar-refractivity contribution in [2.45, 2.75) is 0 Å². The summed E-state index contributed by atoms with van der Waals surface area (Å²) in [6.45, 7) is 0. The molecule has 2 nitrogen and oxygen atoms in total. The van der Waals surface area contributed by atoms with Crippen molar-refractivity contribution in [3.05, 3.63) is 56.7 Å². The molecule has 0 aliphatic heterocycles. The van der Waals surface area contributed by atoms with Gasteiger partial charge in [0.1, 0.15) is 5.75 Å². The Morgan fingerprint density at radius 2 is 2.00 bits per heavy atom. The van der Waals surface area contributed by atoms with E-state index in [1.807, 2.05) is 11.4 Å². The maximum Gasteiger partial charge on any atom is 0.185 e. The highest BCUT2D eigenvalue weighted by atomic mass is 79.9. The molecular formula is C13H9BrO2S. The van der Waals surface area contributed by atoms with E-state index < -0.39 is 0 Å². The largest absolute Gasteiger partial charge is 0.508 e. The van der Waals surface area contributed by atoms with Crippen LogP contribution in [0.4, 0.5) is 0 Å². The van der Waals surface area contributed by atoms with Crippen molar-refractivity contribution in [3.63, 3.8) is 0 Å². The van der Waals surface area contributed by atoms with Crippen molar-refractivity contribution in [2.24, 2.45) is 0 Å². The van der Waals surface area contributed by atoms with Gasteiger partial charge in [-0.25, -0.2) is 0 Å². The second-order valence-electron chi connectivity index (χ2n) is 3.41. The summed E-state index contributed by atoms with van der Waals surface area (Å²) in [5.74, 6) is 0.0854. The molecule has 86 valence electrons. The number of halogens is 1. The van der Waals surface area contributed by atoms with E-state index in [0.717, 1.165) is 9.35 Å². The predicted octanol–water partition coefficient (Wildman–Crippen LogP) is 4.11. The summed E-state index contributed by atoms with van der Waals surface area (Å²) in [4.78, 5) is 12.8. The normalized spacial score (nSPS) is 10.9. The zero-order valence-electron chi connectivity index (χ0n) is 8.76. The molecule has 2 rings (SSSR count). The van der Waals surface area contributed by atoms with Gasteiger partial charge in [0, 0.05) is 20.3 Å². The second kappa shape index (κ2) is 5.29. The van der Waals surface area contributed by atoms with Gasteiger partial charge in [0.15, 0.2) is 5.78 Å². The number of rotatable bonds is 3. The van der Waals surface area contributed by atoms with Crippen LogP contribution < -0.4 is 0 Å². The van der Waals surface area contributed by atoms with Gasteiger partial charge in [-0.15, -0.1) is 11.3 Å². The van der Waals surface area contributed by atoms with Crippen LogP contribution in [-0.2, 0) is 0 Å². The third-order valence-corrected chi connectivity index (χ3v) is 3.80. The number of aromatic hydroxyl groups is 1. The molecular weight excluding hydrogens is 300 g/mol. The van der Waals surface area contributed by atoms with E-state index in [2.05, 4.69) is 15.9 Å². The molecule has 0 aliphatic carbocycles. The molecule has 0 spiro atoms. The van der Waals surface area contributed by atoms with Gasteiger partial charge in [0.2, 0.25) is 0 Å². The Morgan fingerprint density at radius 1 is 1.29 bits per heavy atom. The minimum absolute atomic E-state index is 0.0745. The molecule has 0 unspecified atom stereocenters. The number of carbonyl (C=O) groups excluding carboxylic acids is 1. The highest BCUT2D eigenvalue weighted by Crippen LogP contribution is 2.21. The van der Waals surface area contributed by atoms with E-state index >= 15 is 0 Å². The van der Waals surface area contributed by atoms with Crippen molar-refractivity contribution in [2.75, 3.05) is 0 Å². The van der Waals surface area contributed by atoms with E-state index in [1.54, 1.807) is 29.5 Å². The van der Waals surface area contributed by atoms with Crippen molar-refractivity contribution in [3.8, 4) is 5.75 Å². The predicted molar refractivity (Wildman–Crippen MR) is 73.5 cm³/mol. The third kappa shape index (κ3) is 3.28. The Labute approximate surface area is 111 Å². The van der Waals surface area contributed by atoms with Crippen LogP contribution >= 0.6 is 27.3 Å². The fourth-order valence-electron chi connectivity index (χ4n) is 1.30. The third-order valence-electron chi connectivity index (χ3n) is 2.14. The van der Waals surface area contributed by atoms with Gasteiger partial charge < -0.3 is 5.11 Å². The number of phenols is 1. The number of allylic oxidation sites excluding steroid dienone is 1. The van der Waals surface area contributed by atoms with Crippen LogP contribution in [0.5, 0.6) is 5.75 Å². The molecule has 0 amide bonds. The van der Waals surface area contributed by atoms with Crippen LogP contribution in [0.3, 0.4) is 0 Å². The molecule has 0 atom stereocenters.